The second-order valence-corrected chi connectivity index (χ2v) is 8.04. The van der Waals surface area contributed by atoms with Gasteiger partial charge in [0.25, 0.3) is 0 Å². The van der Waals surface area contributed by atoms with Crippen molar-refractivity contribution in [3.63, 3.8) is 0 Å². The van der Waals surface area contributed by atoms with Crippen LogP contribution in [0.5, 0.6) is 5.75 Å². The van der Waals surface area contributed by atoms with E-state index in [1.807, 2.05) is 0 Å². The first kappa shape index (κ1) is 16.6. The van der Waals surface area contributed by atoms with Gasteiger partial charge in [-0.2, -0.15) is 0 Å². The summed E-state index contributed by atoms with van der Waals surface area (Å²) in [6, 6.07) is 15.9. The smallest absolute Gasteiger partial charge is 0.120 e. The van der Waals surface area contributed by atoms with Crippen LogP contribution in [0.4, 0.5) is 5.69 Å². The summed E-state index contributed by atoms with van der Waals surface area (Å²) >= 11 is 1.79. The Bertz CT molecular complexity index is 781. The molecule has 0 amide bonds. The fraction of sp³-hybridized carbons (Fsp3) is 0.364. The molecule has 0 radical (unpaired) electrons. The van der Waals surface area contributed by atoms with Crippen molar-refractivity contribution in [2.75, 3.05) is 11.6 Å². The molecule has 0 saturated carbocycles. The lowest BCUT2D eigenvalue weighted by molar-refractivity contribution is 0.242. The Balaban J connectivity index is 1.68. The number of benzene rings is 2. The highest BCUT2D eigenvalue weighted by Crippen LogP contribution is 2.50. The van der Waals surface area contributed by atoms with E-state index >= 15 is 0 Å². The topological polar surface area (TPSA) is 21.3 Å². The van der Waals surface area contributed by atoms with Gasteiger partial charge >= 0.3 is 0 Å². The van der Waals surface area contributed by atoms with Gasteiger partial charge < -0.3 is 10.1 Å². The third kappa shape index (κ3) is 3.18. The minimum absolute atomic E-state index is 0.201. The number of hydrogen-bond acceptors (Lipinski definition) is 3. The van der Waals surface area contributed by atoms with E-state index in [0.717, 1.165) is 12.2 Å². The highest BCUT2D eigenvalue weighted by atomic mass is 32.2. The van der Waals surface area contributed by atoms with Crippen LogP contribution in [0, 0.1) is 5.92 Å². The SMILES string of the molecule is CSc1ccc(C2Nc3ccc(OC(C)C)cc3C3C=CCC32)cc1. The molecule has 1 aliphatic heterocycles. The van der Waals surface area contributed by atoms with Gasteiger partial charge in [0.05, 0.1) is 12.1 Å². The fourth-order valence-electron chi connectivity index (χ4n) is 4.06. The molecule has 3 heteroatoms. The molecule has 3 atom stereocenters. The number of anilines is 1. The van der Waals surface area contributed by atoms with Crippen LogP contribution < -0.4 is 10.1 Å². The molecule has 2 aliphatic rings. The van der Waals surface area contributed by atoms with Crippen molar-refractivity contribution in [1.82, 2.24) is 0 Å². The lowest BCUT2D eigenvalue weighted by atomic mass is 9.77. The summed E-state index contributed by atoms with van der Waals surface area (Å²) in [7, 11) is 0. The number of fused-ring (bicyclic) bond motifs is 3. The van der Waals surface area contributed by atoms with Crippen LogP contribution in [-0.4, -0.2) is 12.4 Å². The largest absolute Gasteiger partial charge is 0.491 e. The van der Waals surface area contributed by atoms with E-state index in [9.17, 15) is 0 Å². The Morgan fingerprint density at radius 3 is 2.64 bits per heavy atom. The number of thioether (sulfide) groups is 1. The van der Waals surface area contributed by atoms with E-state index in [4.69, 9.17) is 4.74 Å². The molecule has 0 aromatic heterocycles. The maximum atomic E-state index is 5.91. The zero-order valence-corrected chi connectivity index (χ0v) is 15.8. The summed E-state index contributed by atoms with van der Waals surface area (Å²) in [5.74, 6) is 2.01. The zero-order valence-electron chi connectivity index (χ0n) is 15.0. The minimum atomic E-state index is 0.201. The Morgan fingerprint density at radius 2 is 1.92 bits per heavy atom. The van der Waals surface area contributed by atoms with Gasteiger partial charge in [-0.15, -0.1) is 11.8 Å². The molecule has 0 saturated heterocycles. The molecular weight excluding hydrogens is 326 g/mol. The summed E-state index contributed by atoms with van der Waals surface area (Å²) in [5.41, 5.74) is 3.99. The molecule has 2 nitrogen and oxygen atoms in total. The van der Waals surface area contributed by atoms with E-state index in [-0.39, 0.29) is 6.10 Å². The quantitative estimate of drug-likeness (QED) is 0.537. The normalized spacial score (nSPS) is 23.9. The standard InChI is InChI=1S/C22H25NOS/c1-14(2)24-16-9-12-21-20(13-16)18-5-4-6-19(18)22(23-21)15-7-10-17(25-3)11-8-15/h4-5,7-14,18-19,22-23H,6H2,1-3H3. The van der Waals surface area contributed by atoms with Gasteiger partial charge in [-0.25, -0.2) is 0 Å². The first-order valence-corrected chi connectivity index (χ1v) is 10.3. The molecule has 130 valence electrons. The molecule has 4 rings (SSSR count). The van der Waals surface area contributed by atoms with E-state index in [1.165, 1.54) is 21.7 Å². The predicted molar refractivity (Wildman–Crippen MR) is 107 cm³/mol. The highest BCUT2D eigenvalue weighted by Gasteiger charge is 2.38. The van der Waals surface area contributed by atoms with Gasteiger partial charge in [0, 0.05) is 16.5 Å². The molecule has 25 heavy (non-hydrogen) atoms. The molecule has 2 aromatic carbocycles. The molecule has 1 aliphatic carbocycles. The second-order valence-electron chi connectivity index (χ2n) is 7.16. The Hall–Kier alpha value is -1.87. The van der Waals surface area contributed by atoms with Crippen molar-refractivity contribution >= 4 is 17.4 Å². The van der Waals surface area contributed by atoms with Crippen LogP contribution in [-0.2, 0) is 0 Å². The fourth-order valence-corrected chi connectivity index (χ4v) is 4.47. The van der Waals surface area contributed by atoms with E-state index in [2.05, 4.69) is 80.0 Å². The van der Waals surface area contributed by atoms with Crippen molar-refractivity contribution in [2.24, 2.45) is 5.92 Å². The average Bonchev–Trinajstić information content (AvgIpc) is 3.11. The van der Waals surface area contributed by atoms with Crippen molar-refractivity contribution in [3.8, 4) is 5.75 Å². The predicted octanol–water partition coefficient (Wildman–Crippen LogP) is 6.02. The zero-order chi connectivity index (χ0) is 17.4. The third-order valence-electron chi connectivity index (χ3n) is 5.18. The molecule has 0 fully saturated rings. The summed E-state index contributed by atoms with van der Waals surface area (Å²) in [6.45, 7) is 4.15. The monoisotopic (exact) mass is 351 g/mol. The van der Waals surface area contributed by atoms with E-state index in [0.29, 0.717) is 17.9 Å². The van der Waals surface area contributed by atoms with Crippen LogP contribution in [0.25, 0.3) is 0 Å². The van der Waals surface area contributed by atoms with Gasteiger partial charge in [0.15, 0.2) is 0 Å². The molecule has 1 heterocycles. The highest BCUT2D eigenvalue weighted by molar-refractivity contribution is 7.98. The summed E-state index contributed by atoms with van der Waals surface area (Å²) in [5, 5.41) is 3.80. The van der Waals surface area contributed by atoms with Crippen LogP contribution in [0.2, 0.25) is 0 Å². The van der Waals surface area contributed by atoms with Gasteiger partial charge in [-0.05, 0) is 73.9 Å². The lowest BCUT2D eigenvalue weighted by Gasteiger charge is -2.37. The molecular formula is C22H25NOS. The molecule has 0 spiro atoms. The second kappa shape index (κ2) is 6.80. The molecule has 0 bridgehead atoms. The summed E-state index contributed by atoms with van der Waals surface area (Å²) in [4.78, 5) is 1.32. The third-order valence-corrected chi connectivity index (χ3v) is 5.92. The van der Waals surface area contributed by atoms with Crippen LogP contribution >= 0.6 is 11.8 Å². The van der Waals surface area contributed by atoms with Gasteiger partial charge in [0.1, 0.15) is 5.75 Å². The van der Waals surface area contributed by atoms with Gasteiger partial charge in [-0.1, -0.05) is 24.3 Å². The van der Waals surface area contributed by atoms with E-state index < -0.39 is 0 Å². The van der Waals surface area contributed by atoms with Crippen molar-refractivity contribution in [3.05, 3.63) is 65.7 Å². The minimum Gasteiger partial charge on any atom is -0.491 e. The van der Waals surface area contributed by atoms with Crippen molar-refractivity contribution < 1.29 is 4.74 Å². The van der Waals surface area contributed by atoms with Crippen LogP contribution in [0.15, 0.2) is 59.5 Å². The Labute approximate surface area is 154 Å². The van der Waals surface area contributed by atoms with Crippen molar-refractivity contribution in [1.29, 1.82) is 0 Å². The molecule has 2 aromatic rings. The average molecular weight is 352 g/mol. The Morgan fingerprint density at radius 1 is 1.12 bits per heavy atom. The lowest BCUT2D eigenvalue weighted by Crippen LogP contribution is -2.29. The number of nitrogens with one attached hydrogen (secondary N) is 1. The first-order chi connectivity index (χ1) is 12.2. The number of rotatable bonds is 4. The summed E-state index contributed by atoms with van der Waals surface area (Å²) < 4.78 is 5.91. The van der Waals surface area contributed by atoms with Gasteiger partial charge in [-0.3, -0.25) is 0 Å². The summed E-state index contributed by atoms with van der Waals surface area (Å²) in [6.07, 6.45) is 8.17. The number of allylic oxidation sites excluding steroid dienone is 2. The molecule has 3 unspecified atom stereocenters. The van der Waals surface area contributed by atoms with Crippen molar-refractivity contribution in [2.45, 2.75) is 43.2 Å². The van der Waals surface area contributed by atoms with E-state index in [1.54, 1.807) is 11.8 Å². The number of ether oxygens (including phenoxy) is 1. The maximum Gasteiger partial charge on any atom is 0.120 e. The van der Waals surface area contributed by atoms with Crippen LogP contribution in [0.3, 0.4) is 0 Å². The number of hydrogen-bond donors (Lipinski definition) is 1. The van der Waals surface area contributed by atoms with Gasteiger partial charge in [0.2, 0.25) is 0 Å². The maximum absolute atomic E-state index is 5.91. The Kier molecular flexibility index (Phi) is 4.51. The first-order valence-electron chi connectivity index (χ1n) is 9.03. The van der Waals surface area contributed by atoms with Crippen LogP contribution in [0.1, 0.15) is 43.4 Å². The molecule has 1 N–H and O–H groups in total.